The van der Waals surface area contributed by atoms with Gasteiger partial charge in [-0.05, 0) is 23.9 Å². The summed E-state index contributed by atoms with van der Waals surface area (Å²) in [6, 6.07) is 0. The first-order chi connectivity index (χ1) is 5.79. The van der Waals surface area contributed by atoms with E-state index < -0.39 is 11.1 Å². The normalized spacial score (nSPS) is 17.3. The van der Waals surface area contributed by atoms with Crippen LogP contribution in [0.5, 0.6) is 0 Å². The molecule has 2 rings (SSSR count). The summed E-state index contributed by atoms with van der Waals surface area (Å²) in [5.41, 5.74) is 0. The molecule has 0 spiro atoms. The number of imidazole rings is 1. The number of fused-ring (bicyclic) bond motifs is 1. The van der Waals surface area contributed by atoms with Gasteiger partial charge in [0.25, 0.3) is 0 Å². The number of rotatable bonds is 1. The fraction of sp³-hybridized carbons (Fsp3) is 0.571. The minimum atomic E-state index is -2.14. The predicted octanol–water partition coefficient (Wildman–Crippen LogP) is -2.54. The van der Waals surface area contributed by atoms with E-state index in [1.165, 1.54) is 6.20 Å². The van der Waals surface area contributed by atoms with Gasteiger partial charge >= 0.3 is 29.6 Å². The Bertz CT molecular complexity index is 326. The van der Waals surface area contributed by atoms with Gasteiger partial charge in [-0.15, -0.1) is 0 Å². The molecule has 0 fully saturated rings. The van der Waals surface area contributed by atoms with Gasteiger partial charge in [0.1, 0.15) is 10.9 Å². The van der Waals surface area contributed by atoms with E-state index in [1.807, 2.05) is 0 Å². The van der Waals surface area contributed by atoms with E-state index in [-0.39, 0.29) is 29.6 Å². The molecule has 0 bridgehead atoms. The summed E-state index contributed by atoms with van der Waals surface area (Å²) in [6.07, 6.45) is 4.50. The van der Waals surface area contributed by atoms with Crippen molar-refractivity contribution in [3.8, 4) is 0 Å². The standard InChI is InChI=1S/C7H10N2O2S.Na/c10-12(11)7-5-8-6-3-1-2-4-9(6)7;/h5H,1-4H2,(H,10,11);/q;+1/p-1. The Morgan fingerprint density at radius 3 is 3.00 bits per heavy atom. The Morgan fingerprint density at radius 2 is 2.31 bits per heavy atom. The Morgan fingerprint density at radius 1 is 1.54 bits per heavy atom. The summed E-state index contributed by atoms with van der Waals surface area (Å²) >= 11 is -2.14. The maximum Gasteiger partial charge on any atom is 1.00 e. The minimum absolute atomic E-state index is 0. The maximum atomic E-state index is 10.7. The molecule has 1 unspecified atom stereocenters. The van der Waals surface area contributed by atoms with Gasteiger partial charge in [0.15, 0.2) is 0 Å². The second-order valence-electron chi connectivity index (χ2n) is 2.86. The summed E-state index contributed by atoms with van der Waals surface area (Å²) in [6.45, 7) is 0.790. The number of aromatic nitrogens is 2. The summed E-state index contributed by atoms with van der Waals surface area (Å²) < 4.78 is 23.1. The van der Waals surface area contributed by atoms with Crippen LogP contribution in [-0.4, -0.2) is 18.3 Å². The monoisotopic (exact) mass is 208 g/mol. The molecule has 66 valence electrons. The summed E-state index contributed by atoms with van der Waals surface area (Å²) in [5, 5.41) is 0.324. The molecule has 0 amide bonds. The van der Waals surface area contributed by atoms with E-state index in [4.69, 9.17) is 0 Å². The Balaban J connectivity index is 0.000000845. The van der Waals surface area contributed by atoms with Crippen molar-refractivity contribution in [2.24, 2.45) is 0 Å². The topological polar surface area (TPSA) is 57.9 Å². The fourth-order valence-electron chi connectivity index (χ4n) is 1.52. The van der Waals surface area contributed by atoms with Gasteiger partial charge in [-0.25, -0.2) is 4.98 Å². The maximum absolute atomic E-state index is 10.7. The van der Waals surface area contributed by atoms with E-state index >= 15 is 0 Å². The van der Waals surface area contributed by atoms with Gasteiger partial charge < -0.3 is 9.12 Å². The predicted molar refractivity (Wildman–Crippen MR) is 42.4 cm³/mol. The zero-order valence-electron chi connectivity index (χ0n) is 7.52. The van der Waals surface area contributed by atoms with Crippen molar-refractivity contribution >= 4 is 11.1 Å². The third-order valence-corrected chi connectivity index (χ3v) is 2.77. The molecule has 1 aromatic rings. The van der Waals surface area contributed by atoms with Gasteiger partial charge in [0, 0.05) is 13.0 Å². The Hall–Kier alpha value is 0.320. The molecule has 2 heterocycles. The molecule has 13 heavy (non-hydrogen) atoms. The Labute approximate surface area is 101 Å². The zero-order valence-corrected chi connectivity index (χ0v) is 10.3. The molecule has 1 aliphatic heterocycles. The van der Waals surface area contributed by atoms with Gasteiger partial charge in [-0.2, -0.15) is 0 Å². The van der Waals surface area contributed by atoms with Crippen LogP contribution in [0, 0.1) is 0 Å². The first-order valence-electron chi connectivity index (χ1n) is 3.92. The third kappa shape index (κ3) is 2.22. The first kappa shape index (κ1) is 11.4. The van der Waals surface area contributed by atoms with Crippen molar-refractivity contribution in [2.45, 2.75) is 30.8 Å². The summed E-state index contributed by atoms with van der Waals surface area (Å²) in [4.78, 5) is 4.05. The molecule has 6 heteroatoms. The molecule has 1 atom stereocenters. The van der Waals surface area contributed by atoms with Crippen LogP contribution in [0.4, 0.5) is 0 Å². The van der Waals surface area contributed by atoms with Crippen molar-refractivity contribution in [3.63, 3.8) is 0 Å². The summed E-state index contributed by atoms with van der Waals surface area (Å²) in [7, 11) is 0. The molecule has 0 aromatic carbocycles. The van der Waals surface area contributed by atoms with E-state index in [2.05, 4.69) is 4.98 Å². The molecule has 1 aromatic heterocycles. The second kappa shape index (κ2) is 4.70. The first-order valence-corrected chi connectivity index (χ1v) is 5.00. The van der Waals surface area contributed by atoms with Crippen LogP contribution in [-0.2, 0) is 24.0 Å². The van der Waals surface area contributed by atoms with Crippen molar-refractivity contribution in [2.75, 3.05) is 0 Å². The van der Waals surface area contributed by atoms with E-state index in [0.717, 1.165) is 31.6 Å². The molecular formula is C7H9N2NaO2S. The second-order valence-corrected chi connectivity index (χ2v) is 3.74. The van der Waals surface area contributed by atoms with Gasteiger partial charge in [-0.1, -0.05) is 0 Å². The van der Waals surface area contributed by atoms with Crippen LogP contribution < -0.4 is 29.6 Å². The molecular weight excluding hydrogens is 199 g/mol. The minimum Gasteiger partial charge on any atom is -0.767 e. The molecule has 0 N–H and O–H groups in total. The largest absolute Gasteiger partial charge is 1.00 e. The molecule has 0 aliphatic carbocycles. The molecule has 1 aliphatic rings. The molecule has 4 nitrogen and oxygen atoms in total. The average Bonchev–Trinajstić information content (AvgIpc) is 2.47. The van der Waals surface area contributed by atoms with Crippen LogP contribution in [0.1, 0.15) is 18.7 Å². The average molecular weight is 208 g/mol. The van der Waals surface area contributed by atoms with Crippen molar-refractivity contribution < 1.29 is 38.3 Å². The smallest absolute Gasteiger partial charge is 0.767 e. The van der Waals surface area contributed by atoms with Gasteiger partial charge in [0.2, 0.25) is 0 Å². The van der Waals surface area contributed by atoms with Crippen LogP contribution in [0.25, 0.3) is 0 Å². The Kier molecular flexibility index (Phi) is 4.12. The quantitative estimate of drug-likeness (QED) is 0.377. The zero-order chi connectivity index (χ0) is 8.55. The number of hydrogen-bond donors (Lipinski definition) is 0. The SMILES string of the molecule is O=S([O-])c1cnc2n1CCCC2.[Na+]. The molecule has 0 radical (unpaired) electrons. The fourth-order valence-corrected chi connectivity index (χ4v) is 2.04. The van der Waals surface area contributed by atoms with Crippen molar-refractivity contribution in [1.29, 1.82) is 0 Å². The summed E-state index contributed by atoms with van der Waals surface area (Å²) in [5.74, 6) is 0.903. The van der Waals surface area contributed by atoms with Gasteiger partial charge in [0.05, 0.1) is 6.20 Å². The number of nitrogens with zero attached hydrogens (tertiary/aromatic N) is 2. The van der Waals surface area contributed by atoms with E-state index in [1.54, 1.807) is 4.57 Å². The van der Waals surface area contributed by atoms with E-state index in [0.29, 0.717) is 5.03 Å². The van der Waals surface area contributed by atoms with Gasteiger partial charge in [-0.3, -0.25) is 4.21 Å². The van der Waals surface area contributed by atoms with Crippen molar-refractivity contribution in [1.82, 2.24) is 9.55 Å². The number of aryl methyl sites for hydroxylation is 1. The van der Waals surface area contributed by atoms with Crippen molar-refractivity contribution in [3.05, 3.63) is 12.0 Å². The number of hydrogen-bond acceptors (Lipinski definition) is 3. The van der Waals surface area contributed by atoms with E-state index in [9.17, 15) is 8.76 Å². The van der Waals surface area contributed by atoms with Crippen LogP contribution in [0.3, 0.4) is 0 Å². The molecule has 0 saturated heterocycles. The van der Waals surface area contributed by atoms with Crippen LogP contribution in [0.15, 0.2) is 11.2 Å². The third-order valence-electron chi connectivity index (χ3n) is 2.10. The van der Waals surface area contributed by atoms with Crippen LogP contribution >= 0.6 is 0 Å². The molecule has 0 saturated carbocycles. The van der Waals surface area contributed by atoms with Crippen LogP contribution in [0.2, 0.25) is 0 Å².